The lowest BCUT2D eigenvalue weighted by molar-refractivity contribution is -0.132. The third-order valence-electron chi connectivity index (χ3n) is 7.05. The first kappa shape index (κ1) is 23.3. The molecule has 1 saturated heterocycles. The molecular formula is C28H36N2O3. The van der Waals surface area contributed by atoms with Crippen molar-refractivity contribution in [3.63, 3.8) is 0 Å². The number of likely N-dealkylation sites (tertiary alicyclic amines) is 1. The fourth-order valence-electron chi connectivity index (χ4n) is 4.76. The minimum Gasteiger partial charge on any atom is -0.497 e. The van der Waals surface area contributed by atoms with E-state index in [-0.39, 0.29) is 11.8 Å². The van der Waals surface area contributed by atoms with Crippen molar-refractivity contribution in [3.05, 3.63) is 65.2 Å². The second kappa shape index (κ2) is 10.9. The number of rotatable bonds is 9. The van der Waals surface area contributed by atoms with Gasteiger partial charge in [-0.25, -0.2) is 0 Å². The molecule has 0 aromatic heterocycles. The maximum absolute atomic E-state index is 13.0. The van der Waals surface area contributed by atoms with Crippen LogP contribution in [0.25, 0.3) is 0 Å². The van der Waals surface area contributed by atoms with Crippen molar-refractivity contribution in [2.24, 2.45) is 5.92 Å². The lowest BCUT2D eigenvalue weighted by atomic mass is 9.90. The number of amides is 2. The number of carbonyl (C=O) groups excluding carboxylic acids is 2. The van der Waals surface area contributed by atoms with Gasteiger partial charge in [-0.2, -0.15) is 0 Å². The molecule has 1 heterocycles. The zero-order chi connectivity index (χ0) is 23.2. The summed E-state index contributed by atoms with van der Waals surface area (Å²) in [6.07, 6.45) is 6.77. The second-order valence-electron chi connectivity index (χ2n) is 9.57. The minimum absolute atomic E-state index is 0.191. The predicted molar refractivity (Wildman–Crippen MR) is 130 cm³/mol. The Bertz CT molecular complexity index is 927. The summed E-state index contributed by atoms with van der Waals surface area (Å²) < 4.78 is 5.21. The fourth-order valence-corrected chi connectivity index (χ4v) is 4.76. The van der Waals surface area contributed by atoms with Gasteiger partial charge in [0.05, 0.1) is 7.11 Å². The van der Waals surface area contributed by atoms with E-state index in [9.17, 15) is 9.59 Å². The number of carbonyl (C=O) groups is 2. The lowest BCUT2D eigenvalue weighted by Gasteiger charge is -2.31. The number of piperidine rings is 1. The van der Waals surface area contributed by atoms with Crippen LogP contribution in [0.1, 0.15) is 55.7 Å². The summed E-state index contributed by atoms with van der Waals surface area (Å²) in [5.41, 5.74) is 3.72. The molecule has 2 fully saturated rings. The smallest absolute Gasteiger partial charge is 0.223 e. The number of ether oxygens (including phenoxy) is 1. The van der Waals surface area contributed by atoms with Gasteiger partial charge in [0.1, 0.15) is 5.75 Å². The van der Waals surface area contributed by atoms with Crippen LogP contribution in [-0.2, 0) is 29.0 Å². The van der Waals surface area contributed by atoms with Gasteiger partial charge in [-0.1, -0.05) is 36.4 Å². The number of aryl methyl sites for hydroxylation is 1. The molecule has 2 aromatic carbocycles. The maximum Gasteiger partial charge on any atom is 0.223 e. The number of hydrogen-bond acceptors (Lipinski definition) is 3. The molecule has 4 rings (SSSR count). The van der Waals surface area contributed by atoms with E-state index >= 15 is 0 Å². The Morgan fingerprint density at radius 1 is 0.909 bits per heavy atom. The highest BCUT2D eigenvalue weighted by atomic mass is 16.5. The maximum atomic E-state index is 13.0. The van der Waals surface area contributed by atoms with Crippen LogP contribution in [0.5, 0.6) is 5.75 Å². The summed E-state index contributed by atoms with van der Waals surface area (Å²) in [6.45, 7) is 4.12. The molecule has 5 heteroatoms. The summed E-state index contributed by atoms with van der Waals surface area (Å²) in [6, 6.07) is 17.2. The van der Waals surface area contributed by atoms with Gasteiger partial charge in [-0.3, -0.25) is 9.59 Å². The summed E-state index contributed by atoms with van der Waals surface area (Å²) in [4.78, 5) is 28.6. The highest BCUT2D eigenvalue weighted by Crippen LogP contribution is 2.30. The van der Waals surface area contributed by atoms with Crippen LogP contribution >= 0.6 is 0 Å². The van der Waals surface area contributed by atoms with E-state index in [1.165, 1.54) is 16.7 Å². The van der Waals surface area contributed by atoms with Crippen LogP contribution < -0.4 is 4.74 Å². The second-order valence-corrected chi connectivity index (χ2v) is 9.57. The van der Waals surface area contributed by atoms with Crippen LogP contribution in [0.15, 0.2) is 48.5 Å². The molecule has 176 valence electrons. The van der Waals surface area contributed by atoms with Gasteiger partial charge < -0.3 is 14.5 Å². The van der Waals surface area contributed by atoms with Crippen LogP contribution in [0.4, 0.5) is 0 Å². The molecule has 0 spiro atoms. The zero-order valence-corrected chi connectivity index (χ0v) is 20.0. The predicted octanol–water partition coefficient (Wildman–Crippen LogP) is 4.62. The fraction of sp³-hybridized carbons (Fsp3) is 0.500. The van der Waals surface area contributed by atoms with Crippen molar-refractivity contribution in [1.82, 2.24) is 9.80 Å². The molecule has 0 atom stereocenters. The third-order valence-corrected chi connectivity index (χ3v) is 7.05. The van der Waals surface area contributed by atoms with Crippen molar-refractivity contribution in [2.45, 2.75) is 64.5 Å². The summed E-state index contributed by atoms with van der Waals surface area (Å²) in [7, 11) is 1.66. The van der Waals surface area contributed by atoms with Gasteiger partial charge in [-0.15, -0.1) is 0 Å². The summed E-state index contributed by atoms with van der Waals surface area (Å²) in [5, 5.41) is 0. The highest BCUT2D eigenvalue weighted by Gasteiger charge is 2.32. The number of methoxy groups -OCH3 is 1. The molecule has 1 aliphatic carbocycles. The SMILES string of the molecule is COc1ccc(CCC(=O)N(Cc2ccc(CC3CCN(C(C)=O)CC3)cc2)C2CC2)cc1. The van der Waals surface area contributed by atoms with Gasteiger partial charge in [-0.05, 0) is 73.3 Å². The molecule has 1 aliphatic heterocycles. The Kier molecular flexibility index (Phi) is 7.69. The first-order valence-electron chi connectivity index (χ1n) is 12.3. The molecule has 2 amide bonds. The molecule has 2 aliphatic rings. The van der Waals surface area contributed by atoms with Crippen molar-refractivity contribution < 1.29 is 14.3 Å². The van der Waals surface area contributed by atoms with Crippen molar-refractivity contribution >= 4 is 11.8 Å². The monoisotopic (exact) mass is 448 g/mol. The summed E-state index contributed by atoms with van der Waals surface area (Å²) >= 11 is 0. The van der Waals surface area contributed by atoms with Crippen molar-refractivity contribution in [2.75, 3.05) is 20.2 Å². The Labute approximate surface area is 197 Å². The number of hydrogen-bond donors (Lipinski definition) is 0. The minimum atomic E-state index is 0.191. The zero-order valence-electron chi connectivity index (χ0n) is 20.0. The van der Waals surface area contributed by atoms with Crippen molar-refractivity contribution in [3.8, 4) is 5.75 Å². The average Bonchev–Trinajstić information content (AvgIpc) is 3.68. The van der Waals surface area contributed by atoms with E-state index in [0.29, 0.717) is 24.9 Å². The molecule has 0 radical (unpaired) electrons. The molecule has 5 nitrogen and oxygen atoms in total. The van der Waals surface area contributed by atoms with E-state index in [1.807, 2.05) is 29.2 Å². The highest BCUT2D eigenvalue weighted by molar-refractivity contribution is 5.77. The molecule has 0 bridgehead atoms. The van der Waals surface area contributed by atoms with Crippen LogP contribution in [0, 0.1) is 5.92 Å². The third kappa shape index (κ3) is 6.59. The Hall–Kier alpha value is -2.82. The van der Waals surface area contributed by atoms with E-state index in [0.717, 1.165) is 57.4 Å². The number of benzene rings is 2. The number of nitrogens with zero attached hydrogens (tertiary/aromatic N) is 2. The largest absolute Gasteiger partial charge is 0.497 e. The average molecular weight is 449 g/mol. The van der Waals surface area contributed by atoms with Gasteiger partial charge in [0.15, 0.2) is 0 Å². The Morgan fingerprint density at radius 2 is 1.52 bits per heavy atom. The van der Waals surface area contributed by atoms with Gasteiger partial charge in [0.2, 0.25) is 11.8 Å². The van der Waals surface area contributed by atoms with E-state index in [2.05, 4.69) is 29.2 Å². The van der Waals surface area contributed by atoms with E-state index < -0.39 is 0 Å². The quantitative estimate of drug-likeness (QED) is 0.562. The lowest BCUT2D eigenvalue weighted by Crippen LogP contribution is -2.37. The van der Waals surface area contributed by atoms with Crippen LogP contribution in [0.2, 0.25) is 0 Å². The van der Waals surface area contributed by atoms with Gasteiger partial charge in [0, 0.05) is 39.0 Å². The Morgan fingerprint density at radius 3 is 2.09 bits per heavy atom. The molecule has 2 aromatic rings. The Balaban J connectivity index is 1.28. The molecule has 0 unspecified atom stereocenters. The molecule has 33 heavy (non-hydrogen) atoms. The van der Waals surface area contributed by atoms with Crippen molar-refractivity contribution in [1.29, 1.82) is 0 Å². The first-order chi connectivity index (χ1) is 16.0. The normalized spacial score (nSPS) is 16.5. The van der Waals surface area contributed by atoms with Crippen LogP contribution in [-0.4, -0.2) is 47.9 Å². The van der Waals surface area contributed by atoms with Gasteiger partial charge in [0.25, 0.3) is 0 Å². The standard InChI is InChI=1S/C28H36N2O3/c1-21(31)29-17-15-24(16-18-29)19-23-3-5-25(6-4-23)20-30(26-10-11-26)28(32)14-9-22-7-12-27(33-2)13-8-22/h3-8,12-13,24,26H,9-11,14-20H2,1-2H3. The summed E-state index contributed by atoms with van der Waals surface area (Å²) in [5.74, 6) is 1.93. The molecule has 1 saturated carbocycles. The van der Waals surface area contributed by atoms with Gasteiger partial charge >= 0.3 is 0 Å². The molecular weight excluding hydrogens is 412 g/mol. The molecule has 0 N–H and O–H groups in total. The first-order valence-corrected chi connectivity index (χ1v) is 12.3. The van der Waals surface area contributed by atoms with E-state index in [4.69, 9.17) is 4.74 Å². The van der Waals surface area contributed by atoms with E-state index in [1.54, 1.807) is 14.0 Å². The topological polar surface area (TPSA) is 49.9 Å². The van der Waals surface area contributed by atoms with Crippen LogP contribution in [0.3, 0.4) is 0 Å².